The van der Waals surface area contributed by atoms with Gasteiger partial charge in [-0.3, -0.25) is 0 Å². The van der Waals surface area contributed by atoms with E-state index < -0.39 is 12.8 Å². The Labute approximate surface area is 177 Å². The van der Waals surface area contributed by atoms with Crippen LogP contribution in [-0.4, -0.2) is 66.1 Å². The van der Waals surface area contributed by atoms with Crippen LogP contribution >= 0.6 is 0 Å². The highest BCUT2D eigenvalue weighted by molar-refractivity contribution is 5.68. The van der Waals surface area contributed by atoms with Crippen LogP contribution in [0.2, 0.25) is 0 Å². The van der Waals surface area contributed by atoms with Crippen LogP contribution in [0.4, 0.5) is 30.8 Å². The highest BCUT2D eigenvalue weighted by Gasteiger charge is 2.36. The molecule has 0 spiro atoms. The maximum Gasteiger partial charge on any atom is 0.387 e. The molecule has 0 radical (unpaired) electrons. The van der Waals surface area contributed by atoms with Gasteiger partial charge in [-0.25, -0.2) is 14.4 Å². The topological polar surface area (TPSA) is 89.6 Å². The summed E-state index contributed by atoms with van der Waals surface area (Å²) in [5, 5.41) is 0. The van der Waals surface area contributed by atoms with Gasteiger partial charge in [0.15, 0.2) is 11.6 Å². The molecule has 3 fully saturated rings. The van der Waals surface area contributed by atoms with E-state index in [1.165, 1.54) is 12.3 Å². The highest BCUT2D eigenvalue weighted by atomic mass is 19.3. The Balaban J connectivity index is 1.55. The van der Waals surface area contributed by atoms with Gasteiger partial charge in [0.05, 0.1) is 31.0 Å². The largest absolute Gasteiger partial charge is 0.431 e. The Morgan fingerprint density at radius 1 is 1.19 bits per heavy atom. The zero-order valence-corrected chi connectivity index (χ0v) is 16.8. The minimum atomic E-state index is -3.02. The van der Waals surface area contributed by atoms with Crippen molar-refractivity contribution in [2.45, 2.75) is 44.2 Å². The lowest BCUT2D eigenvalue weighted by Gasteiger charge is -2.33. The van der Waals surface area contributed by atoms with E-state index in [-0.39, 0.29) is 30.3 Å². The van der Waals surface area contributed by atoms with Crippen LogP contribution in [0.3, 0.4) is 0 Å². The summed E-state index contributed by atoms with van der Waals surface area (Å²) in [4.78, 5) is 17.3. The second kappa shape index (κ2) is 8.03. The average molecular weight is 436 g/mol. The van der Waals surface area contributed by atoms with Gasteiger partial charge in [0.25, 0.3) is 0 Å². The molecule has 3 aliphatic rings. The quantitative estimate of drug-likeness (QED) is 0.765. The van der Waals surface area contributed by atoms with E-state index in [4.69, 9.17) is 15.5 Å². The van der Waals surface area contributed by atoms with Crippen molar-refractivity contribution < 1.29 is 22.6 Å². The van der Waals surface area contributed by atoms with Gasteiger partial charge in [0.1, 0.15) is 12.0 Å². The molecular formula is C20H23F3N6O2. The van der Waals surface area contributed by atoms with Crippen molar-refractivity contribution in [3.8, 4) is 17.0 Å². The summed E-state index contributed by atoms with van der Waals surface area (Å²) in [5.74, 6) is 0.749. The Morgan fingerprint density at radius 3 is 2.84 bits per heavy atom. The number of piperidine rings is 1. The summed E-state index contributed by atoms with van der Waals surface area (Å²) in [6.07, 6.45) is 3.05. The summed E-state index contributed by atoms with van der Waals surface area (Å²) in [7, 11) is 0. The molecule has 2 bridgehead atoms. The van der Waals surface area contributed by atoms with E-state index in [1.807, 2.05) is 0 Å². The molecular weight excluding hydrogens is 413 g/mol. The average Bonchev–Trinajstić information content (AvgIpc) is 3.35. The second-order valence-electron chi connectivity index (χ2n) is 8.06. The number of anilines is 3. The fraction of sp³-hybridized carbons (Fsp3) is 0.550. The molecule has 2 aromatic heterocycles. The summed E-state index contributed by atoms with van der Waals surface area (Å²) in [6, 6.07) is 3.39. The molecule has 0 amide bonds. The lowest BCUT2D eigenvalue weighted by atomic mass is 10.0. The van der Waals surface area contributed by atoms with Crippen LogP contribution in [0.15, 0.2) is 18.3 Å². The smallest absolute Gasteiger partial charge is 0.387 e. The third kappa shape index (κ3) is 4.06. The monoisotopic (exact) mass is 436 g/mol. The molecule has 3 saturated heterocycles. The fourth-order valence-corrected chi connectivity index (χ4v) is 4.42. The maximum atomic E-state index is 13.8. The van der Waals surface area contributed by atoms with Crippen molar-refractivity contribution in [1.82, 2.24) is 15.0 Å². The number of hydrogen-bond donors (Lipinski definition) is 1. The molecule has 3 unspecified atom stereocenters. The number of pyridine rings is 1. The third-order valence-electron chi connectivity index (χ3n) is 5.99. The van der Waals surface area contributed by atoms with Crippen LogP contribution in [0, 0.1) is 0 Å². The van der Waals surface area contributed by atoms with Gasteiger partial charge in [-0.1, -0.05) is 0 Å². The maximum absolute atomic E-state index is 13.8. The Morgan fingerprint density at radius 2 is 2.06 bits per heavy atom. The Bertz CT molecular complexity index is 965. The van der Waals surface area contributed by atoms with Gasteiger partial charge < -0.3 is 25.0 Å². The van der Waals surface area contributed by atoms with Crippen LogP contribution in [0.25, 0.3) is 11.3 Å². The molecule has 3 aliphatic heterocycles. The van der Waals surface area contributed by atoms with Gasteiger partial charge in [-0.2, -0.15) is 13.8 Å². The summed E-state index contributed by atoms with van der Waals surface area (Å²) >= 11 is 0. The van der Waals surface area contributed by atoms with Gasteiger partial charge in [-0.15, -0.1) is 0 Å². The summed E-state index contributed by atoms with van der Waals surface area (Å²) in [6.45, 7) is -0.872. The molecule has 8 nitrogen and oxygen atoms in total. The lowest BCUT2D eigenvalue weighted by Crippen LogP contribution is -2.41. The van der Waals surface area contributed by atoms with E-state index >= 15 is 0 Å². The molecule has 11 heteroatoms. The zero-order chi connectivity index (χ0) is 21.5. The van der Waals surface area contributed by atoms with E-state index in [9.17, 15) is 13.2 Å². The Hall–Kier alpha value is -2.82. The van der Waals surface area contributed by atoms with E-state index in [1.54, 1.807) is 11.0 Å². The number of alkyl halides is 3. The minimum absolute atomic E-state index is 0.136. The van der Waals surface area contributed by atoms with Crippen molar-refractivity contribution >= 4 is 17.6 Å². The zero-order valence-electron chi connectivity index (χ0n) is 16.8. The van der Waals surface area contributed by atoms with E-state index in [0.29, 0.717) is 42.6 Å². The number of ether oxygens (including phenoxy) is 2. The molecule has 2 N–H and O–H groups in total. The fourth-order valence-electron chi connectivity index (χ4n) is 4.42. The molecule has 0 aliphatic carbocycles. The molecule has 2 aromatic rings. The van der Waals surface area contributed by atoms with Crippen molar-refractivity contribution in [2.75, 3.05) is 41.8 Å². The first kappa shape index (κ1) is 20.1. The third-order valence-corrected chi connectivity index (χ3v) is 5.99. The standard InChI is InChI=1S/C20H23F3N6O2/c21-12-1-3-28(9-12)20-26-15(11-5-16(31-19(22)23)18(24)25-8-11)7-17(27-20)29-4-2-14-6-13(29)10-30-14/h5,7-8,12-14,19H,1-4,6,9-10H2,(H2,24,25). The predicted octanol–water partition coefficient (Wildman–Crippen LogP) is 2.64. The molecule has 166 valence electrons. The first-order valence-corrected chi connectivity index (χ1v) is 10.3. The molecule has 0 aromatic carbocycles. The number of nitrogen functional groups attached to an aromatic ring is 1. The van der Waals surface area contributed by atoms with Crippen LogP contribution < -0.4 is 20.3 Å². The number of nitrogens with two attached hydrogens (primary N) is 1. The number of fused-ring (bicyclic) bond motifs is 2. The molecule has 5 heterocycles. The van der Waals surface area contributed by atoms with Crippen LogP contribution in [0.5, 0.6) is 5.75 Å². The lowest BCUT2D eigenvalue weighted by molar-refractivity contribution is -0.0494. The van der Waals surface area contributed by atoms with Crippen LogP contribution in [0.1, 0.15) is 19.3 Å². The number of hydrogen-bond acceptors (Lipinski definition) is 8. The molecule has 3 atom stereocenters. The summed E-state index contributed by atoms with van der Waals surface area (Å²) < 4.78 is 49.6. The minimum Gasteiger partial charge on any atom is -0.431 e. The Kier molecular flexibility index (Phi) is 5.20. The number of nitrogens with zero attached hydrogens (tertiary/aromatic N) is 5. The summed E-state index contributed by atoms with van der Waals surface area (Å²) in [5.41, 5.74) is 6.62. The number of halogens is 3. The highest BCUT2D eigenvalue weighted by Crippen LogP contribution is 2.35. The van der Waals surface area contributed by atoms with Crippen molar-refractivity contribution in [3.63, 3.8) is 0 Å². The van der Waals surface area contributed by atoms with E-state index in [0.717, 1.165) is 19.4 Å². The SMILES string of the molecule is Nc1ncc(-c2cc(N3CCC4CC3CO4)nc(N3CCC(F)C3)n2)cc1OC(F)F. The van der Waals surface area contributed by atoms with E-state index in [2.05, 4.69) is 19.6 Å². The number of aromatic nitrogens is 3. The normalized spacial score (nSPS) is 25.5. The van der Waals surface area contributed by atoms with Crippen LogP contribution in [-0.2, 0) is 4.74 Å². The first-order valence-electron chi connectivity index (χ1n) is 10.3. The van der Waals surface area contributed by atoms with Crippen molar-refractivity contribution in [3.05, 3.63) is 18.3 Å². The second-order valence-corrected chi connectivity index (χ2v) is 8.06. The molecule has 0 saturated carbocycles. The van der Waals surface area contributed by atoms with Gasteiger partial charge in [-0.05, 0) is 25.3 Å². The van der Waals surface area contributed by atoms with Crippen molar-refractivity contribution in [1.29, 1.82) is 0 Å². The van der Waals surface area contributed by atoms with Crippen molar-refractivity contribution in [2.24, 2.45) is 0 Å². The molecule has 5 rings (SSSR count). The van der Waals surface area contributed by atoms with Gasteiger partial charge in [0.2, 0.25) is 5.95 Å². The first-order chi connectivity index (χ1) is 15.0. The van der Waals surface area contributed by atoms with Gasteiger partial charge >= 0.3 is 6.61 Å². The predicted molar refractivity (Wildman–Crippen MR) is 108 cm³/mol. The molecule has 31 heavy (non-hydrogen) atoms. The van der Waals surface area contributed by atoms with Gasteiger partial charge in [0, 0.05) is 30.9 Å². The number of rotatable bonds is 5.